The van der Waals surface area contributed by atoms with Crippen molar-refractivity contribution in [3.05, 3.63) is 41.0 Å². The third kappa shape index (κ3) is 3.22. The Labute approximate surface area is 163 Å². The van der Waals surface area contributed by atoms with Gasteiger partial charge in [-0.05, 0) is 26.0 Å². The number of nitrogens with zero attached hydrogens (tertiary/aromatic N) is 3. The number of ether oxygens (including phenoxy) is 2. The number of methoxy groups -OCH3 is 1. The Morgan fingerprint density at radius 3 is 2.75 bits per heavy atom. The summed E-state index contributed by atoms with van der Waals surface area (Å²) in [5.74, 6) is 0.103. The maximum atomic E-state index is 14.3. The number of carbonyl (C=O) groups is 1. The molecule has 2 atom stereocenters. The third-order valence-corrected chi connectivity index (χ3v) is 5.49. The fourth-order valence-corrected chi connectivity index (χ4v) is 4.10. The summed E-state index contributed by atoms with van der Waals surface area (Å²) in [6.07, 6.45) is 0.624. The highest BCUT2D eigenvalue weighted by molar-refractivity contribution is 5.94. The van der Waals surface area contributed by atoms with Crippen molar-refractivity contribution >= 4 is 11.6 Å². The van der Waals surface area contributed by atoms with E-state index < -0.39 is 0 Å². The highest BCUT2D eigenvalue weighted by Gasteiger charge is 2.33. The van der Waals surface area contributed by atoms with Gasteiger partial charge >= 0.3 is 0 Å². The standard InChI is InChI=1S/C20H25FN4O3/c1-12-11-14-17(13(2)28-12)22-23-18(14)20(26)25-9-7-24(8-10-25)19-15(21)5-4-6-16(19)27-3/h4-6,12-13H,7-11H2,1-3H3,(H,22,23)/t12-,13+/m0/s1. The number of nitrogens with one attached hydrogen (secondary N) is 1. The quantitative estimate of drug-likeness (QED) is 0.875. The lowest BCUT2D eigenvalue weighted by Crippen LogP contribution is -2.49. The number of carbonyl (C=O) groups excluding carboxylic acids is 1. The second-order valence-electron chi connectivity index (χ2n) is 7.33. The van der Waals surface area contributed by atoms with Crippen LogP contribution in [-0.2, 0) is 11.2 Å². The molecule has 0 unspecified atom stereocenters. The molecule has 150 valence electrons. The molecule has 1 fully saturated rings. The summed E-state index contributed by atoms with van der Waals surface area (Å²) in [7, 11) is 1.53. The molecule has 1 aromatic heterocycles. The van der Waals surface area contributed by atoms with Gasteiger partial charge in [0.25, 0.3) is 5.91 Å². The normalized spacial score (nSPS) is 22.1. The van der Waals surface area contributed by atoms with E-state index in [-0.39, 0.29) is 23.9 Å². The van der Waals surface area contributed by atoms with E-state index in [1.165, 1.54) is 13.2 Å². The van der Waals surface area contributed by atoms with Crippen LogP contribution in [0.3, 0.4) is 0 Å². The maximum absolute atomic E-state index is 14.3. The molecule has 0 radical (unpaired) electrons. The maximum Gasteiger partial charge on any atom is 0.274 e. The molecule has 2 aromatic rings. The smallest absolute Gasteiger partial charge is 0.274 e. The van der Waals surface area contributed by atoms with Crippen LogP contribution in [-0.4, -0.2) is 60.4 Å². The molecule has 1 N–H and O–H groups in total. The van der Waals surface area contributed by atoms with Crippen LogP contribution < -0.4 is 9.64 Å². The van der Waals surface area contributed by atoms with Crippen LogP contribution in [0.4, 0.5) is 10.1 Å². The lowest BCUT2D eigenvalue weighted by atomic mass is 9.99. The molecule has 1 amide bonds. The van der Waals surface area contributed by atoms with Crippen molar-refractivity contribution in [1.82, 2.24) is 15.1 Å². The van der Waals surface area contributed by atoms with E-state index in [1.807, 2.05) is 18.7 Å². The summed E-state index contributed by atoms with van der Waals surface area (Å²) < 4.78 is 25.4. The van der Waals surface area contributed by atoms with Crippen molar-refractivity contribution in [3.63, 3.8) is 0 Å². The second kappa shape index (κ2) is 7.43. The van der Waals surface area contributed by atoms with Gasteiger partial charge in [-0.25, -0.2) is 4.39 Å². The van der Waals surface area contributed by atoms with Gasteiger partial charge in [0.2, 0.25) is 0 Å². The molecule has 7 nitrogen and oxygen atoms in total. The third-order valence-electron chi connectivity index (χ3n) is 5.49. The summed E-state index contributed by atoms with van der Waals surface area (Å²) in [5.41, 5.74) is 2.77. The Balaban J connectivity index is 1.49. The molecule has 0 saturated carbocycles. The number of aromatic nitrogens is 2. The predicted octanol–water partition coefficient (Wildman–Crippen LogP) is 2.54. The first kappa shape index (κ1) is 18.7. The Kier molecular flexibility index (Phi) is 4.97. The van der Waals surface area contributed by atoms with Gasteiger partial charge in [0, 0.05) is 38.2 Å². The molecule has 28 heavy (non-hydrogen) atoms. The average molecular weight is 388 g/mol. The van der Waals surface area contributed by atoms with Crippen molar-refractivity contribution in [2.75, 3.05) is 38.2 Å². The lowest BCUT2D eigenvalue weighted by Gasteiger charge is -2.36. The van der Waals surface area contributed by atoms with Crippen molar-refractivity contribution in [2.45, 2.75) is 32.5 Å². The highest BCUT2D eigenvalue weighted by Crippen LogP contribution is 2.33. The average Bonchev–Trinajstić information content (AvgIpc) is 3.11. The summed E-state index contributed by atoms with van der Waals surface area (Å²) in [5, 5.41) is 7.26. The fourth-order valence-electron chi connectivity index (χ4n) is 4.10. The van der Waals surface area contributed by atoms with Crippen molar-refractivity contribution in [2.24, 2.45) is 0 Å². The molecule has 0 aliphatic carbocycles. The molecule has 3 heterocycles. The lowest BCUT2D eigenvalue weighted by molar-refractivity contribution is -0.00702. The first-order valence-electron chi connectivity index (χ1n) is 9.59. The second-order valence-corrected chi connectivity index (χ2v) is 7.33. The first-order valence-corrected chi connectivity index (χ1v) is 9.59. The fraction of sp³-hybridized carbons (Fsp3) is 0.500. The van der Waals surface area contributed by atoms with E-state index in [1.54, 1.807) is 17.0 Å². The molecule has 1 aromatic carbocycles. The number of H-pyrrole nitrogens is 1. The van der Waals surface area contributed by atoms with E-state index >= 15 is 0 Å². The number of piperazine rings is 1. The van der Waals surface area contributed by atoms with Gasteiger partial charge < -0.3 is 19.3 Å². The summed E-state index contributed by atoms with van der Waals surface area (Å²) in [6, 6.07) is 4.80. The number of fused-ring (bicyclic) bond motifs is 1. The van der Waals surface area contributed by atoms with E-state index in [9.17, 15) is 9.18 Å². The summed E-state index contributed by atoms with van der Waals surface area (Å²) >= 11 is 0. The zero-order valence-corrected chi connectivity index (χ0v) is 16.4. The summed E-state index contributed by atoms with van der Waals surface area (Å²) in [4.78, 5) is 16.8. The van der Waals surface area contributed by atoms with E-state index in [0.29, 0.717) is 49.7 Å². The highest BCUT2D eigenvalue weighted by atomic mass is 19.1. The van der Waals surface area contributed by atoms with Gasteiger partial charge in [-0.15, -0.1) is 0 Å². The zero-order valence-electron chi connectivity index (χ0n) is 16.4. The van der Waals surface area contributed by atoms with Crippen LogP contribution in [0.25, 0.3) is 0 Å². The number of rotatable bonds is 3. The molecular weight excluding hydrogens is 363 g/mol. The minimum absolute atomic E-state index is 0.0528. The minimum Gasteiger partial charge on any atom is -0.494 e. The van der Waals surface area contributed by atoms with Gasteiger partial charge in [0.05, 0.1) is 25.0 Å². The molecule has 0 spiro atoms. The molecule has 2 aliphatic rings. The Bertz CT molecular complexity index is 876. The van der Waals surface area contributed by atoms with Gasteiger partial charge in [-0.3, -0.25) is 9.89 Å². The van der Waals surface area contributed by atoms with Crippen LogP contribution in [0.2, 0.25) is 0 Å². The topological polar surface area (TPSA) is 70.7 Å². The van der Waals surface area contributed by atoms with E-state index in [0.717, 1.165) is 11.3 Å². The number of hydrogen-bond donors (Lipinski definition) is 1. The molecule has 2 aliphatic heterocycles. The van der Waals surface area contributed by atoms with Crippen molar-refractivity contribution in [1.29, 1.82) is 0 Å². The molecule has 4 rings (SSSR count). The van der Waals surface area contributed by atoms with Gasteiger partial charge in [-0.1, -0.05) is 6.07 Å². The SMILES string of the molecule is COc1cccc(F)c1N1CCN(C(=O)c2n[nH]c3c2C[C@H](C)O[C@@H]3C)CC1. The van der Waals surface area contributed by atoms with Gasteiger partial charge in [0.15, 0.2) is 5.69 Å². The molecule has 1 saturated heterocycles. The van der Waals surface area contributed by atoms with E-state index in [2.05, 4.69) is 10.2 Å². The van der Waals surface area contributed by atoms with Crippen LogP contribution in [0.5, 0.6) is 5.75 Å². The van der Waals surface area contributed by atoms with E-state index in [4.69, 9.17) is 9.47 Å². The Morgan fingerprint density at radius 1 is 1.29 bits per heavy atom. The zero-order chi connectivity index (χ0) is 19.8. The van der Waals surface area contributed by atoms with Crippen LogP contribution >= 0.6 is 0 Å². The van der Waals surface area contributed by atoms with Gasteiger partial charge in [-0.2, -0.15) is 5.10 Å². The monoisotopic (exact) mass is 388 g/mol. The summed E-state index contributed by atoms with van der Waals surface area (Å²) in [6.45, 7) is 6.03. The predicted molar refractivity (Wildman–Crippen MR) is 102 cm³/mol. The number of halogens is 1. The number of benzene rings is 1. The van der Waals surface area contributed by atoms with Crippen LogP contribution in [0.1, 0.15) is 41.7 Å². The molecular formula is C20H25FN4O3. The number of anilines is 1. The number of para-hydroxylation sites is 1. The molecule has 0 bridgehead atoms. The first-order chi connectivity index (χ1) is 13.5. The molecule has 8 heteroatoms. The minimum atomic E-state index is -0.316. The van der Waals surface area contributed by atoms with Gasteiger partial charge in [0.1, 0.15) is 17.3 Å². The van der Waals surface area contributed by atoms with Crippen molar-refractivity contribution in [3.8, 4) is 5.75 Å². The van der Waals surface area contributed by atoms with Crippen LogP contribution in [0, 0.1) is 5.82 Å². The number of aromatic amines is 1. The number of amides is 1. The van der Waals surface area contributed by atoms with Crippen LogP contribution in [0.15, 0.2) is 18.2 Å². The largest absolute Gasteiger partial charge is 0.494 e. The Hall–Kier alpha value is -2.61. The Morgan fingerprint density at radius 2 is 2.04 bits per heavy atom. The number of hydrogen-bond acceptors (Lipinski definition) is 5. The van der Waals surface area contributed by atoms with Crippen molar-refractivity contribution < 1.29 is 18.7 Å².